The van der Waals surface area contributed by atoms with Crippen LogP contribution in [0.3, 0.4) is 0 Å². The van der Waals surface area contributed by atoms with Crippen LogP contribution in [0.1, 0.15) is 41.1 Å². The molecule has 1 unspecified atom stereocenters. The Bertz CT molecular complexity index is 815. The van der Waals surface area contributed by atoms with Crippen LogP contribution in [0.15, 0.2) is 0 Å². The average Bonchev–Trinajstić information content (AvgIpc) is 3.06. The van der Waals surface area contributed by atoms with Crippen molar-refractivity contribution in [2.75, 3.05) is 65.3 Å². The summed E-state index contributed by atoms with van der Waals surface area (Å²) < 4.78 is 5.28. The third kappa shape index (κ3) is 6.05. The Balaban J connectivity index is 1.59. The lowest BCUT2D eigenvalue weighted by atomic mass is 9.88. The molecule has 1 aromatic rings. The highest BCUT2D eigenvalue weighted by atomic mass is 32.1. The van der Waals surface area contributed by atoms with Crippen LogP contribution in [0.4, 0.5) is 5.00 Å². The number of carbonyl (C=O) groups is 3. The number of nitrogens with zero attached hydrogens (tertiary/aromatic N) is 3. The number of ether oxygens (including phenoxy) is 1. The molecule has 1 aliphatic carbocycles. The van der Waals surface area contributed by atoms with Gasteiger partial charge in [-0.05, 0) is 37.7 Å². The van der Waals surface area contributed by atoms with E-state index in [-0.39, 0.29) is 24.3 Å². The van der Waals surface area contributed by atoms with Gasteiger partial charge in [-0.3, -0.25) is 19.4 Å². The largest absolute Gasteiger partial charge is 0.462 e. The van der Waals surface area contributed by atoms with Gasteiger partial charge in [0, 0.05) is 45.2 Å². The van der Waals surface area contributed by atoms with Gasteiger partial charge in [0.2, 0.25) is 11.8 Å². The maximum Gasteiger partial charge on any atom is 0.341 e. The first-order valence-electron chi connectivity index (χ1n) is 11.0. The van der Waals surface area contributed by atoms with Crippen LogP contribution < -0.4 is 5.32 Å². The predicted octanol–water partition coefficient (Wildman–Crippen LogP) is 1.69. The van der Waals surface area contributed by atoms with Gasteiger partial charge in [-0.15, -0.1) is 11.3 Å². The van der Waals surface area contributed by atoms with Crippen molar-refractivity contribution in [2.24, 2.45) is 5.92 Å². The van der Waals surface area contributed by atoms with Gasteiger partial charge >= 0.3 is 5.97 Å². The Morgan fingerprint density at radius 2 is 1.77 bits per heavy atom. The van der Waals surface area contributed by atoms with Gasteiger partial charge in [0.25, 0.3) is 0 Å². The third-order valence-electron chi connectivity index (χ3n) is 5.93. The minimum Gasteiger partial charge on any atom is -0.462 e. The lowest BCUT2D eigenvalue weighted by Crippen LogP contribution is -2.50. The van der Waals surface area contributed by atoms with Crippen LogP contribution in [0, 0.1) is 5.92 Å². The first-order valence-corrected chi connectivity index (χ1v) is 11.9. The summed E-state index contributed by atoms with van der Waals surface area (Å²) in [5.74, 6) is 0.216. The van der Waals surface area contributed by atoms with Crippen LogP contribution in [-0.2, 0) is 27.2 Å². The molecule has 9 heteroatoms. The monoisotopic (exact) mass is 450 g/mol. The molecule has 172 valence electrons. The van der Waals surface area contributed by atoms with Gasteiger partial charge in [-0.2, -0.15) is 0 Å². The van der Waals surface area contributed by atoms with E-state index in [0.29, 0.717) is 29.6 Å². The summed E-state index contributed by atoms with van der Waals surface area (Å²) in [6, 6.07) is 0. The van der Waals surface area contributed by atoms with Gasteiger partial charge < -0.3 is 15.0 Å². The maximum absolute atomic E-state index is 12.8. The number of rotatable bonds is 7. The minimum absolute atomic E-state index is 0.0914. The van der Waals surface area contributed by atoms with Crippen molar-refractivity contribution in [3.8, 4) is 0 Å². The molecule has 2 aliphatic rings. The highest BCUT2D eigenvalue weighted by Crippen LogP contribution is 2.40. The van der Waals surface area contributed by atoms with Crippen LogP contribution in [0.5, 0.6) is 0 Å². The molecule has 1 aliphatic heterocycles. The number of fused-ring (bicyclic) bond motifs is 1. The number of hydrogen-bond donors (Lipinski definition) is 1. The van der Waals surface area contributed by atoms with Crippen LogP contribution in [-0.4, -0.2) is 92.5 Å². The van der Waals surface area contributed by atoms with E-state index in [4.69, 9.17) is 4.74 Å². The molecule has 8 nitrogen and oxygen atoms in total. The number of carbonyl (C=O) groups excluding carboxylic acids is 3. The first-order chi connectivity index (χ1) is 14.8. The van der Waals surface area contributed by atoms with Gasteiger partial charge in [-0.25, -0.2) is 4.79 Å². The van der Waals surface area contributed by atoms with E-state index in [1.165, 1.54) is 16.2 Å². The van der Waals surface area contributed by atoms with Crippen molar-refractivity contribution in [1.82, 2.24) is 14.7 Å². The number of anilines is 1. The Kier molecular flexibility index (Phi) is 8.07. The molecule has 1 N–H and O–H groups in total. The van der Waals surface area contributed by atoms with Crippen molar-refractivity contribution in [2.45, 2.75) is 33.1 Å². The smallest absolute Gasteiger partial charge is 0.341 e. The minimum atomic E-state index is -0.343. The Hall–Kier alpha value is -1.97. The molecule has 0 radical (unpaired) electrons. The van der Waals surface area contributed by atoms with Gasteiger partial charge in [0.15, 0.2) is 0 Å². The lowest BCUT2D eigenvalue weighted by molar-refractivity contribution is -0.130. The fraction of sp³-hybridized carbons (Fsp3) is 0.682. The third-order valence-corrected chi connectivity index (χ3v) is 7.10. The van der Waals surface area contributed by atoms with E-state index in [0.717, 1.165) is 51.0 Å². The van der Waals surface area contributed by atoms with E-state index in [9.17, 15) is 14.4 Å². The molecule has 1 fully saturated rings. The SMILES string of the molecule is CCOC(=O)c1c(NC(=O)CN2CCN(CC(=O)N(C)C)CC2)sc2c1CCC(C)C2. The van der Waals surface area contributed by atoms with Crippen molar-refractivity contribution < 1.29 is 19.1 Å². The molecule has 0 aromatic carbocycles. The fourth-order valence-electron chi connectivity index (χ4n) is 4.07. The zero-order chi connectivity index (χ0) is 22.5. The molecule has 3 rings (SSSR count). The van der Waals surface area contributed by atoms with E-state index < -0.39 is 0 Å². The van der Waals surface area contributed by atoms with E-state index in [2.05, 4.69) is 22.0 Å². The number of likely N-dealkylation sites (N-methyl/N-ethyl adjacent to an activating group) is 1. The summed E-state index contributed by atoms with van der Waals surface area (Å²) in [6.07, 6.45) is 2.84. The second-order valence-corrected chi connectivity index (χ2v) is 9.77. The van der Waals surface area contributed by atoms with E-state index >= 15 is 0 Å². The van der Waals surface area contributed by atoms with Crippen molar-refractivity contribution in [1.29, 1.82) is 0 Å². The summed E-state index contributed by atoms with van der Waals surface area (Å²) in [6.45, 7) is 7.99. The van der Waals surface area contributed by atoms with Crippen molar-refractivity contribution >= 4 is 34.1 Å². The molecule has 2 amide bonds. The summed E-state index contributed by atoms with van der Waals surface area (Å²) in [7, 11) is 3.52. The fourth-order valence-corrected chi connectivity index (χ4v) is 5.48. The number of nitrogens with one attached hydrogen (secondary N) is 1. The maximum atomic E-state index is 12.8. The number of thiophene rings is 1. The zero-order valence-corrected chi connectivity index (χ0v) is 19.8. The number of piperazine rings is 1. The highest BCUT2D eigenvalue weighted by Gasteiger charge is 2.29. The molecule has 1 saturated heterocycles. The summed E-state index contributed by atoms with van der Waals surface area (Å²) >= 11 is 1.52. The molecule has 2 heterocycles. The van der Waals surface area contributed by atoms with Gasteiger partial charge in [-0.1, -0.05) is 6.92 Å². The summed E-state index contributed by atoms with van der Waals surface area (Å²) in [5, 5.41) is 3.61. The normalized spacial score (nSPS) is 19.5. The lowest BCUT2D eigenvalue weighted by Gasteiger charge is -2.34. The molecule has 1 aromatic heterocycles. The molecular weight excluding hydrogens is 416 g/mol. The Labute approximate surface area is 188 Å². The summed E-state index contributed by atoms with van der Waals surface area (Å²) in [4.78, 5) is 44.3. The number of amides is 2. The molecule has 0 spiro atoms. The Morgan fingerprint density at radius 1 is 1.13 bits per heavy atom. The number of esters is 1. The van der Waals surface area contributed by atoms with E-state index in [1.807, 2.05) is 0 Å². The number of hydrogen-bond acceptors (Lipinski definition) is 7. The standard InChI is InChI=1S/C22H34N4O4S/c1-5-30-22(29)20-16-7-6-15(2)12-17(16)31-21(20)23-18(27)13-25-8-10-26(11-9-25)14-19(28)24(3)4/h15H,5-14H2,1-4H3,(H,23,27). The van der Waals surface area contributed by atoms with Crippen molar-refractivity contribution in [3.63, 3.8) is 0 Å². The molecular formula is C22H34N4O4S. The van der Waals surface area contributed by atoms with Crippen LogP contribution >= 0.6 is 11.3 Å². The van der Waals surface area contributed by atoms with Crippen LogP contribution in [0.2, 0.25) is 0 Å². The van der Waals surface area contributed by atoms with Crippen LogP contribution in [0.25, 0.3) is 0 Å². The summed E-state index contributed by atoms with van der Waals surface area (Å²) in [5.41, 5.74) is 1.60. The quantitative estimate of drug-likeness (QED) is 0.637. The van der Waals surface area contributed by atoms with Gasteiger partial charge in [0.05, 0.1) is 25.3 Å². The second kappa shape index (κ2) is 10.6. The molecule has 0 bridgehead atoms. The topological polar surface area (TPSA) is 82.2 Å². The molecule has 1 atom stereocenters. The first kappa shape index (κ1) is 23.7. The Morgan fingerprint density at radius 3 is 2.39 bits per heavy atom. The molecule has 0 saturated carbocycles. The van der Waals surface area contributed by atoms with Gasteiger partial charge in [0.1, 0.15) is 5.00 Å². The predicted molar refractivity (Wildman–Crippen MR) is 122 cm³/mol. The molecule has 31 heavy (non-hydrogen) atoms. The second-order valence-electron chi connectivity index (χ2n) is 8.66. The van der Waals surface area contributed by atoms with Crippen molar-refractivity contribution in [3.05, 3.63) is 16.0 Å². The van der Waals surface area contributed by atoms with E-state index in [1.54, 1.807) is 25.9 Å². The highest BCUT2D eigenvalue weighted by molar-refractivity contribution is 7.17. The average molecular weight is 451 g/mol. The zero-order valence-electron chi connectivity index (χ0n) is 19.0.